The van der Waals surface area contributed by atoms with Gasteiger partial charge in [0.15, 0.2) is 0 Å². The van der Waals surface area contributed by atoms with Crippen molar-refractivity contribution in [1.82, 2.24) is 5.32 Å². The van der Waals surface area contributed by atoms with Crippen LogP contribution in [0.5, 0.6) is 0 Å². The highest BCUT2D eigenvalue weighted by molar-refractivity contribution is 7.86. The number of rotatable bonds is 7. The Kier molecular flexibility index (Phi) is 6.52. The van der Waals surface area contributed by atoms with Gasteiger partial charge in [-0.25, -0.2) is 9.59 Å². The molecule has 0 bridgehead atoms. The molecule has 1 aliphatic rings. The third-order valence-corrected chi connectivity index (χ3v) is 6.54. The summed E-state index contributed by atoms with van der Waals surface area (Å²) in [5.74, 6) is -3.64. The number of carbonyl (C=O) groups is 2. The number of hydrogen-bond donors (Lipinski definition) is 3. The summed E-state index contributed by atoms with van der Waals surface area (Å²) in [5.41, 5.74) is 1.99. The Balaban J connectivity index is 2.04. The molecule has 168 valence electrons. The van der Waals surface area contributed by atoms with Gasteiger partial charge in [-0.3, -0.25) is 4.18 Å². The molecule has 9 heteroatoms. The van der Waals surface area contributed by atoms with Crippen LogP contribution in [0.25, 0.3) is 0 Å². The minimum atomic E-state index is -4.07. The predicted molar refractivity (Wildman–Crippen MR) is 116 cm³/mol. The van der Waals surface area contributed by atoms with Crippen LogP contribution in [0.2, 0.25) is 0 Å². The van der Waals surface area contributed by atoms with Crippen LogP contribution in [0.3, 0.4) is 0 Å². The van der Waals surface area contributed by atoms with Crippen molar-refractivity contribution >= 4 is 22.1 Å². The molecule has 3 rings (SSSR count). The summed E-state index contributed by atoms with van der Waals surface area (Å²) in [7, 11) is -4.07. The van der Waals surface area contributed by atoms with Crippen LogP contribution in [0, 0.1) is 6.92 Å². The lowest BCUT2D eigenvalue weighted by Gasteiger charge is -2.30. The van der Waals surface area contributed by atoms with E-state index in [1.54, 1.807) is 50.2 Å². The zero-order chi connectivity index (χ0) is 23.6. The van der Waals surface area contributed by atoms with Crippen molar-refractivity contribution in [3.63, 3.8) is 0 Å². The SMILES string of the molecule is CC1=C(C(=O)O)C(c2ccccc2COS(=O)(=O)c2ccc(C)cc2)C(C(=O)O)=C(C)N1. The van der Waals surface area contributed by atoms with E-state index in [0.717, 1.165) is 5.56 Å². The van der Waals surface area contributed by atoms with Crippen molar-refractivity contribution in [3.05, 3.63) is 87.8 Å². The van der Waals surface area contributed by atoms with Gasteiger partial charge in [-0.05, 0) is 44.0 Å². The number of hydrogen-bond acceptors (Lipinski definition) is 6. The van der Waals surface area contributed by atoms with Crippen LogP contribution in [0.4, 0.5) is 0 Å². The number of dihydropyridines is 1. The minimum Gasteiger partial charge on any atom is -0.478 e. The molecule has 0 unspecified atom stereocenters. The Labute approximate surface area is 186 Å². The number of carboxylic acid groups (broad SMARTS) is 2. The lowest BCUT2D eigenvalue weighted by atomic mass is 9.79. The first kappa shape index (κ1) is 23.2. The third kappa shape index (κ3) is 4.58. The van der Waals surface area contributed by atoms with Gasteiger partial charge in [0.2, 0.25) is 0 Å². The number of aliphatic carboxylic acids is 2. The second kappa shape index (κ2) is 8.97. The Bertz CT molecular complexity index is 1210. The van der Waals surface area contributed by atoms with E-state index in [2.05, 4.69) is 5.32 Å². The van der Waals surface area contributed by atoms with Crippen LogP contribution >= 0.6 is 0 Å². The van der Waals surface area contributed by atoms with E-state index in [1.807, 2.05) is 6.92 Å². The highest BCUT2D eigenvalue weighted by atomic mass is 32.2. The normalized spacial score (nSPS) is 15.0. The molecular weight excluding hydrogens is 434 g/mol. The smallest absolute Gasteiger partial charge is 0.334 e. The molecule has 0 spiro atoms. The van der Waals surface area contributed by atoms with Crippen molar-refractivity contribution < 1.29 is 32.4 Å². The lowest BCUT2D eigenvalue weighted by Crippen LogP contribution is -2.31. The number of aryl methyl sites for hydroxylation is 1. The number of nitrogens with one attached hydrogen (secondary N) is 1. The fourth-order valence-electron chi connectivity index (χ4n) is 3.73. The summed E-state index contributed by atoms with van der Waals surface area (Å²) in [6.45, 7) is 4.56. The van der Waals surface area contributed by atoms with E-state index in [-0.39, 0.29) is 22.6 Å². The summed E-state index contributed by atoms with van der Waals surface area (Å²) in [5, 5.41) is 22.4. The van der Waals surface area contributed by atoms with Crippen molar-refractivity contribution in [3.8, 4) is 0 Å². The number of carboxylic acids is 2. The van der Waals surface area contributed by atoms with Gasteiger partial charge in [-0.1, -0.05) is 42.0 Å². The molecule has 0 aliphatic carbocycles. The maximum Gasteiger partial charge on any atom is 0.334 e. The summed E-state index contributed by atoms with van der Waals surface area (Å²) < 4.78 is 30.5. The van der Waals surface area contributed by atoms with Gasteiger partial charge in [0.25, 0.3) is 10.1 Å². The van der Waals surface area contributed by atoms with Gasteiger partial charge in [0.05, 0.1) is 28.6 Å². The van der Waals surface area contributed by atoms with Gasteiger partial charge in [0, 0.05) is 11.4 Å². The molecule has 0 radical (unpaired) electrons. The quantitative estimate of drug-likeness (QED) is 0.540. The largest absolute Gasteiger partial charge is 0.478 e. The summed E-state index contributed by atoms with van der Waals surface area (Å²) >= 11 is 0. The molecule has 0 amide bonds. The minimum absolute atomic E-state index is 0.00798. The molecule has 32 heavy (non-hydrogen) atoms. The second-order valence-corrected chi connectivity index (χ2v) is 9.09. The fourth-order valence-corrected chi connectivity index (χ4v) is 4.62. The summed E-state index contributed by atoms with van der Waals surface area (Å²) in [6, 6.07) is 12.6. The number of allylic oxidation sites excluding steroid dienone is 2. The van der Waals surface area contributed by atoms with Gasteiger partial charge in [-0.15, -0.1) is 0 Å². The van der Waals surface area contributed by atoms with Crippen molar-refractivity contribution in [1.29, 1.82) is 0 Å². The zero-order valence-electron chi connectivity index (χ0n) is 17.7. The molecule has 8 nitrogen and oxygen atoms in total. The van der Waals surface area contributed by atoms with E-state index >= 15 is 0 Å². The predicted octanol–water partition coefficient (Wildman–Crippen LogP) is 3.30. The van der Waals surface area contributed by atoms with Crippen molar-refractivity contribution in [2.45, 2.75) is 38.2 Å². The standard InChI is InChI=1S/C23H23NO7S/c1-13-8-10-17(11-9-13)32(29,30)31-12-16-6-4-5-7-18(16)21-19(22(25)26)14(2)24-15(3)20(21)23(27)28/h4-11,21,24H,12H2,1-3H3,(H,25,26)(H,27,28). The van der Waals surface area contributed by atoms with Crippen LogP contribution in [0.15, 0.2) is 76.0 Å². The highest BCUT2D eigenvalue weighted by Crippen LogP contribution is 2.40. The molecule has 3 N–H and O–H groups in total. The van der Waals surface area contributed by atoms with Crippen LogP contribution in [-0.2, 0) is 30.5 Å². The van der Waals surface area contributed by atoms with Gasteiger partial charge in [-0.2, -0.15) is 8.42 Å². The maximum absolute atomic E-state index is 12.6. The van der Waals surface area contributed by atoms with Crippen molar-refractivity contribution in [2.24, 2.45) is 0 Å². The fraction of sp³-hybridized carbons (Fsp3) is 0.217. The molecule has 2 aromatic rings. The van der Waals surface area contributed by atoms with Crippen molar-refractivity contribution in [2.75, 3.05) is 0 Å². The highest BCUT2D eigenvalue weighted by Gasteiger charge is 2.37. The Morgan fingerprint density at radius 3 is 1.97 bits per heavy atom. The molecule has 2 aromatic carbocycles. The molecule has 0 saturated heterocycles. The molecule has 1 aliphatic heterocycles. The summed E-state index contributed by atoms with van der Waals surface area (Å²) in [4.78, 5) is 24.0. The first-order chi connectivity index (χ1) is 15.0. The third-order valence-electron chi connectivity index (χ3n) is 5.27. The Morgan fingerprint density at radius 1 is 0.906 bits per heavy atom. The molecule has 0 saturated carbocycles. The molecule has 0 fully saturated rings. The van der Waals surface area contributed by atoms with E-state index in [0.29, 0.717) is 22.5 Å². The average Bonchev–Trinajstić information content (AvgIpc) is 2.71. The Morgan fingerprint density at radius 2 is 1.44 bits per heavy atom. The monoisotopic (exact) mass is 457 g/mol. The van der Waals surface area contributed by atoms with E-state index < -0.39 is 28.0 Å². The summed E-state index contributed by atoms with van der Waals surface area (Å²) in [6.07, 6.45) is 0. The molecule has 0 atom stereocenters. The van der Waals surface area contributed by atoms with E-state index in [4.69, 9.17) is 4.18 Å². The maximum atomic E-state index is 12.6. The first-order valence-corrected chi connectivity index (χ1v) is 11.1. The van der Waals surface area contributed by atoms with Crippen LogP contribution < -0.4 is 5.32 Å². The average molecular weight is 458 g/mol. The molecular formula is C23H23NO7S. The van der Waals surface area contributed by atoms with Crippen LogP contribution in [-0.4, -0.2) is 30.6 Å². The van der Waals surface area contributed by atoms with E-state index in [1.165, 1.54) is 12.1 Å². The first-order valence-electron chi connectivity index (χ1n) is 9.72. The topological polar surface area (TPSA) is 130 Å². The zero-order valence-corrected chi connectivity index (χ0v) is 18.6. The lowest BCUT2D eigenvalue weighted by molar-refractivity contribution is -0.133. The number of benzene rings is 2. The van der Waals surface area contributed by atoms with Crippen LogP contribution in [0.1, 0.15) is 36.5 Å². The molecule has 1 heterocycles. The van der Waals surface area contributed by atoms with Gasteiger partial charge < -0.3 is 15.5 Å². The van der Waals surface area contributed by atoms with Gasteiger partial charge in [0.1, 0.15) is 0 Å². The second-order valence-electron chi connectivity index (χ2n) is 7.47. The van der Waals surface area contributed by atoms with Gasteiger partial charge >= 0.3 is 11.9 Å². The Hall–Kier alpha value is -3.43. The van der Waals surface area contributed by atoms with E-state index in [9.17, 15) is 28.2 Å². The molecule has 0 aromatic heterocycles.